The third kappa shape index (κ3) is 4.99. The van der Waals surface area contributed by atoms with Crippen molar-refractivity contribution in [2.24, 2.45) is 0 Å². The second-order valence-electron chi connectivity index (χ2n) is 5.10. The van der Waals surface area contributed by atoms with Crippen LogP contribution in [0.2, 0.25) is 0 Å². The van der Waals surface area contributed by atoms with Crippen molar-refractivity contribution in [3.63, 3.8) is 0 Å². The Balaban J connectivity index is 2.62. The van der Waals surface area contributed by atoms with Crippen LogP contribution in [0.5, 0.6) is 0 Å². The summed E-state index contributed by atoms with van der Waals surface area (Å²) in [5.41, 5.74) is 0.957. The van der Waals surface area contributed by atoms with E-state index in [1.165, 1.54) is 19.3 Å². The largest absolute Gasteiger partial charge is 0.307 e. The van der Waals surface area contributed by atoms with Gasteiger partial charge in [-0.1, -0.05) is 44.4 Å². The molecule has 1 rings (SSSR count). The van der Waals surface area contributed by atoms with Gasteiger partial charge in [0.2, 0.25) is 0 Å². The number of hydrogen-bond donors (Lipinski definition) is 1. The highest BCUT2D eigenvalue weighted by molar-refractivity contribution is 5.41. The molecule has 0 bridgehead atoms. The van der Waals surface area contributed by atoms with Gasteiger partial charge in [0.05, 0.1) is 4.92 Å². The van der Waals surface area contributed by atoms with Crippen LogP contribution in [0.3, 0.4) is 0 Å². The molecule has 0 heterocycles. The van der Waals surface area contributed by atoms with Gasteiger partial charge < -0.3 is 5.32 Å². The molecule has 0 aliphatic rings. The summed E-state index contributed by atoms with van der Waals surface area (Å²) in [7, 11) is 0. The first-order valence-electron chi connectivity index (χ1n) is 7.05. The third-order valence-corrected chi connectivity index (χ3v) is 3.38. The highest BCUT2D eigenvalue weighted by Crippen LogP contribution is 2.25. The molecule has 106 valence electrons. The molecule has 0 fully saturated rings. The Morgan fingerprint density at radius 2 is 1.95 bits per heavy atom. The average molecular weight is 264 g/mol. The molecular formula is C15H24N2O2. The quantitative estimate of drug-likeness (QED) is 0.434. The lowest BCUT2D eigenvalue weighted by atomic mass is 10.0. The van der Waals surface area contributed by atoms with Crippen molar-refractivity contribution in [3.8, 4) is 0 Å². The third-order valence-electron chi connectivity index (χ3n) is 3.38. The van der Waals surface area contributed by atoms with E-state index >= 15 is 0 Å². The van der Waals surface area contributed by atoms with Crippen molar-refractivity contribution < 1.29 is 4.92 Å². The van der Waals surface area contributed by atoms with E-state index in [0.717, 1.165) is 12.0 Å². The predicted octanol–water partition coefficient (Wildman–Crippen LogP) is 4.21. The fourth-order valence-electron chi connectivity index (χ4n) is 2.32. The molecule has 19 heavy (non-hydrogen) atoms. The normalized spacial score (nSPS) is 14.1. The molecule has 2 atom stereocenters. The minimum absolute atomic E-state index is 0.00164. The molecule has 0 amide bonds. The lowest BCUT2D eigenvalue weighted by molar-refractivity contribution is -0.385. The van der Waals surface area contributed by atoms with Gasteiger partial charge in [-0.25, -0.2) is 0 Å². The molecule has 1 N–H and O–H groups in total. The van der Waals surface area contributed by atoms with Gasteiger partial charge in [-0.15, -0.1) is 0 Å². The predicted molar refractivity (Wildman–Crippen MR) is 78.3 cm³/mol. The van der Waals surface area contributed by atoms with E-state index in [-0.39, 0.29) is 16.7 Å². The Morgan fingerprint density at radius 3 is 2.58 bits per heavy atom. The molecule has 4 nitrogen and oxygen atoms in total. The van der Waals surface area contributed by atoms with Gasteiger partial charge in [0.25, 0.3) is 5.69 Å². The van der Waals surface area contributed by atoms with Crippen molar-refractivity contribution in [1.29, 1.82) is 0 Å². The average Bonchev–Trinajstić information content (AvgIpc) is 2.39. The van der Waals surface area contributed by atoms with Crippen LogP contribution in [-0.2, 0) is 0 Å². The maximum Gasteiger partial charge on any atom is 0.274 e. The molecule has 0 aliphatic carbocycles. The van der Waals surface area contributed by atoms with Gasteiger partial charge in [-0.3, -0.25) is 10.1 Å². The van der Waals surface area contributed by atoms with Crippen LogP contribution < -0.4 is 5.32 Å². The van der Waals surface area contributed by atoms with E-state index in [2.05, 4.69) is 19.2 Å². The fraction of sp³-hybridized carbons (Fsp3) is 0.600. The van der Waals surface area contributed by atoms with E-state index in [1.807, 2.05) is 19.1 Å². The number of benzene rings is 1. The minimum atomic E-state index is -0.310. The van der Waals surface area contributed by atoms with E-state index in [9.17, 15) is 10.1 Å². The van der Waals surface area contributed by atoms with E-state index in [1.54, 1.807) is 12.1 Å². The lowest BCUT2D eigenvalue weighted by Crippen LogP contribution is -2.29. The molecule has 0 saturated carbocycles. The summed E-state index contributed by atoms with van der Waals surface area (Å²) in [6.45, 7) is 6.31. The van der Waals surface area contributed by atoms with Crippen LogP contribution in [0.25, 0.3) is 0 Å². The van der Waals surface area contributed by atoms with Gasteiger partial charge in [0.1, 0.15) is 0 Å². The van der Waals surface area contributed by atoms with Crippen molar-refractivity contribution in [3.05, 3.63) is 39.9 Å². The fourth-order valence-corrected chi connectivity index (χ4v) is 2.32. The Kier molecular flexibility index (Phi) is 6.50. The second kappa shape index (κ2) is 7.89. The number of nitrogens with zero attached hydrogens (tertiary/aromatic N) is 1. The van der Waals surface area contributed by atoms with Crippen LogP contribution in [0.1, 0.15) is 58.1 Å². The molecule has 0 saturated heterocycles. The summed E-state index contributed by atoms with van der Waals surface area (Å²) in [5.74, 6) is 0. The number of nitro groups is 1. The summed E-state index contributed by atoms with van der Waals surface area (Å²) in [6, 6.07) is 7.32. The first-order chi connectivity index (χ1) is 9.06. The molecule has 0 aliphatic heterocycles. The van der Waals surface area contributed by atoms with Gasteiger partial charge in [-0.05, 0) is 20.3 Å². The van der Waals surface area contributed by atoms with Crippen LogP contribution in [0.15, 0.2) is 24.3 Å². The van der Waals surface area contributed by atoms with Crippen LogP contribution in [0, 0.1) is 10.1 Å². The number of para-hydroxylation sites is 1. The zero-order valence-corrected chi connectivity index (χ0v) is 12.1. The second-order valence-corrected chi connectivity index (χ2v) is 5.10. The first-order valence-corrected chi connectivity index (χ1v) is 7.05. The van der Waals surface area contributed by atoms with Crippen molar-refractivity contribution in [1.82, 2.24) is 5.32 Å². The van der Waals surface area contributed by atoms with Crippen LogP contribution in [0.4, 0.5) is 5.69 Å². The Bertz CT molecular complexity index is 407. The summed E-state index contributed by atoms with van der Waals surface area (Å²) in [4.78, 5) is 10.7. The van der Waals surface area contributed by atoms with E-state index in [4.69, 9.17) is 0 Å². The molecule has 0 radical (unpaired) electrons. The van der Waals surface area contributed by atoms with Crippen LogP contribution in [-0.4, -0.2) is 11.0 Å². The topological polar surface area (TPSA) is 55.2 Å². The highest BCUT2D eigenvalue weighted by Gasteiger charge is 2.18. The lowest BCUT2D eigenvalue weighted by Gasteiger charge is -2.20. The Hall–Kier alpha value is -1.42. The summed E-state index contributed by atoms with van der Waals surface area (Å²) in [5, 5.41) is 14.4. The molecule has 1 aromatic carbocycles. The van der Waals surface area contributed by atoms with Crippen molar-refractivity contribution in [2.75, 3.05) is 0 Å². The summed E-state index contributed by atoms with van der Waals surface area (Å²) < 4.78 is 0. The summed E-state index contributed by atoms with van der Waals surface area (Å²) in [6.07, 6.45) is 4.77. The summed E-state index contributed by atoms with van der Waals surface area (Å²) >= 11 is 0. The number of nitro benzene ring substituents is 1. The minimum Gasteiger partial charge on any atom is -0.307 e. The SMILES string of the molecule is CCCCCC(C)NC(C)c1ccccc1[N+](=O)[O-]. The molecule has 1 aromatic rings. The van der Waals surface area contributed by atoms with Crippen molar-refractivity contribution >= 4 is 5.69 Å². The smallest absolute Gasteiger partial charge is 0.274 e. The standard InChI is InChI=1S/C15H24N2O2/c1-4-5-6-9-12(2)16-13(3)14-10-7-8-11-15(14)17(18)19/h7-8,10-13,16H,4-6,9H2,1-3H3. The van der Waals surface area contributed by atoms with E-state index in [0.29, 0.717) is 6.04 Å². The number of unbranched alkanes of at least 4 members (excludes halogenated alkanes) is 2. The number of nitrogens with one attached hydrogen (secondary N) is 1. The first kappa shape index (κ1) is 15.6. The molecule has 0 spiro atoms. The van der Waals surface area contributed by atoms with Gasteiger partial charge in [0.15, 0.2) is 0 Å². The molecule has 0 aromatic heterocycles. The molecule has 4 heteroatoms. The Labute approximate surface area is 115 Å². The van der Waals surface area contributed by atoms with Gasteiger partial charge in [0, 0.05) is 23.7 Å². The highest BCUT2D eigenvalue weighted by atomic mass is 16.6. The maximum absolute atomic E-state index is 11.0. The number of rotatable bonds is 8. The maximum atomic E-state index is 11.0. The van der Waals surface area contributed by atoms with E-state index < -0.39 is 0 Å². The van der Waals surface area contributed by atoms with Gasteiger partial charge in [-0.2, -0.15) is 0 Å². The Morgan fingerprint density at radius 1 is 1.26 bits per heavy atom. The van der Waals surface area contributed by atoms with Gasteiger partial charge >= 0.3 is 0 Å². The van der Waals surface area contributed by atoms with Crippen LogP contribution >= 0.6 is 0 Å². The zero-order valence-electron chi connectivity index (χ0n) is 12.1. The monoisotopic (exact) mass is 264 g/mol. The van der Waals surface area contributed by atoms with Crippen molar-refractivity contribution in [2.45, 2.75) is 58.5 Å². The molecular weight excluding hydrogens is 240 g/mol. The number of hydrogen-bond acceptors (Lipinski definition) is 3. The zero-order chi connectivity index (χ0) is 14.3. The molecule has 2 unspecified atom stereocenters.